The smallest absolute Gasteiger partial charge is 0.308 e. The van der Waals surface area contributed by atoms with Crippen molar-refractivity contribution in [2.24, 2.45) is 5.92 Å². The van der Waals surface area contributed by atoms with Gasteiger partial charge in [0.2, 0.25) is 0 Å². The zero-order chi connectivity index (χ0) is 9.14. The van der Waals surface area contributed by atoms with E-state index in [0.717, 1.165) is 19.3 Å². The quantitative estimate of drug-likeness (QED) is 0.578. The van der Waals surface area contributed by atoms with Crippen LogP contribution in [-0.4, -0.2) is 38.1 Å². The maximum Gasteiger partial charge on any atom is 0.308 e. The predicted molar refractivity (Wildman–Crippen MR) is 46.8 cm³/mol. The Labute approximate surface area is 73.7 Å². The van der Waals surface area contributed by atoms with Crippen molar-refractivity contribution in [1.29, 1.82) is 0 Å². The summed E-state index contributed by atoms with van der Waals surface area (Å²) in [5, 5.41) is 0. The average Bonchev–Trinajstić information content (AvgIpc) is 2.51. The van der Waals surface area contributed by atoms with Gasteiger partial charge in [0, 0.05) is 6.04 Å². The fourth-order valence-corrected chi connectivity index (χ4v) is 1.81. The summed E-state index contributed by atoms with van der Waals surface area (Å²) < 4.78 is 4.70. The van der Waals surface area contributed by atoms with Crippen LogP contribution in [0, 0.1) is 5.92 Å². The normalized spacial score (nSPS) is 29.3. The molecule has 0 N–H and O–H groups in total. The Bertz CT molecular complexity index is 168. The van der Waals surface area contributed by atoms with Gasteiger partial charge in [0.15, 0.2) is 0 Å². The molecule has 0 radical (unpaired) electrons. The molecule has 0 aliphatic heterocycles. The summed E-state index contributed by atoms with van der Waals surface area (Å²) >= 11 is 0. The van der Waals surface area contributed by atoms with Gasteiger partial charge in [-0.15, -0.1) is 0 Å². The fourth-order valence-electron chi connectivity index (χ4n) is 1.81. The lowest BCUT2D eigenvalue weighted by Crippen LogP contribution is -2.25. The highest BCUT2D eigenvalue weighted by molar-refractivity contribution is 5.72. The lowest BCUT2D eigenvalue weighted by atomic mass is 10.1. The topological polar surface area (TPSA) is 29.5 Å². The molecular weight excluding hydrogens is 154 g/mol. The van der Waals surface area contributed by atoms with Crippen LogP contribution in [0.15, 0.2) is 0 Å². The van der Waals surface area contributed by atoms with Gasteiger partial charge in [-0.2, -0.15) is 0 Å². The fraction of sp³-hybridized carbons (Fsp3) is 0.889. The molecule has 12 heavy (non-hydrogen) atoms. The highest BCUT2D eigenvalue weighted by Gasteiger charge is 2.31. The third-order valence-corrected chi connectivity index (χ3v) is 2.67. The number of carbonyl (C=O) groups is 1. The van der Waals surface area contributed by atoms with E-state index < -0.39 is 0 Å². The number of nitrogens with zero attached hydrogens (tertiary/aromatic N) is 1. The molecule has 1 rings (SSSR count). The molecular formula is C9H17NO2. The van der Waals surface area contributed by atoms with Gasteiger partial charge in [0.05, 0.1) is 13.0 Å². The van der Waals surface area contributed by atoms with Crippen LogP contribution in [0.4, 0.5) is 0 Å². The van der Waals surface area contributed by atoms with Crippen LogP contribution in [-0.2, 0) is 9.53 Å². The molecule has 0 aromatic carbocycles. The number of ether oxygens (including phenoxy) is 1. The summed E-state index contributed by atoms with van der Waals surface area (Å²) in [6.07, 6.45) is 3.06. The van der Waals surface area contributed by atoms with Gasteiger partial charge in [-0.05, 0) is 33.4 Å². The molecule has 1 aliphatic rings. The van der Waals surface area contributed by atoms with Crippen molar-refractivity contribution in [3.05, 3.63) is 0 Å². The van der Waals surface area contributed by atoms with E-state index in [0.29, 0.717) is 6.04 Å². The molecule has 2 atom stereocenters. The van der Waals surface area contributed by atoms with Crippen molar-refractivity contribution in [2.75, 3.05) is 21.2 Å². The minimum atomic E-state index is -0.0423. The molecule has 0 unspecified atom stereocenters. The number of hydrogen-bond donors (Lipinski definition) is 0. The lowest BCUT2D eigenvalue weighted by molar-refractivity contribution is -0.145. The molecule has 0 aromatic rings. The van der Waals surface area contributed by atoms with Crippen molar-refractivity contribution >= 4 is 5.97 Å². The maximum atomic E-state index is 11.1. The zero-order valence-electron chi connectivity index (χ0n) is 8.04. The van der Waals surface area contributed by atoms with Crippen molar-refractivity contribution in [2.45, 2.75) is 25.3 Å². The Kier molecular flexibility index (Phi) is 3.09. The van der Waals surface area contributed by atoms with Gasteiger partial charge in [-0.1, -0.05) is 0 Å². The second-order valence-corrected chi connectivity index (χ2v) is 3.65. The molecule has 3 heteroatoms. The first kappa shape index (κ1) is 9.52. The summed E-state index contributed by atoms with van der Waals surface area (Å²) in [5.74, 6) is 0.0988. The highest BCUT2D eigenvalue weighted by atomic mass is 16.5. The van der Waals surface area contributed by atoms with E-state index in [2.05, 4.69) is 19.0 Å². The Balaban J connectivity index is 2.40. The molecule has 0 saturated heterocycles. The third kappa shape index (κ3) is 1.97. The largest absolute Gasteiger partial charge is 0.469 e. The van der Waals surface area contributed by atoms with E-state index in [-0.39, 0.29) is 11.9 Å². The van der Waals surface area contributed by atoms with E-state index in [1.807, 2.05) is 0 Å². The van der Waals surface area contributed by atoms with E-state index in [1.54, 1.807) is 0 Å². The molecule has 0 heterocycles. The van der Waals surface area contributed by atoms with Crippen LogP contribution in [0.3, 0.4) is 0 Å². The van der Waals surface area contributed by atoms with E-state index in [4.69, 9.17) is 4.74 Å². The van der Waals surface area contributed by atoms with Crippen molar-refractivity contribution in [1.82, 2.24) is 4.90 Å². The van der Waals surface area contributed by atoms with Crippen LogP contribution in [0.25, 0.3) is 0 Å². The minimum Gasteiger partial charge on any atom is -0.469 e. The van der Waals surface area contributed by atoms with Crippen LogP contribution in [0.1, 0.15) is 19.3 Å². The molecule has 1 saturated carbocycles. The number of methoxy groups -OCH3 is 1. The number of rotatable bonds is 2. The van der Waals surface area contributed by atoms with Crippen molar-refractivity contribution in [3.63, 3.8) is 0 Å². The Morgan fingerprint density at radius 2 is 2.08 bits per heavy atom. The monoisotopic (exact) mass is 171 g/mol. The van der Waals surface area contributed by atoms with Crippen LogP contribution in [0.5, 0.6) is 0 Å². The van der Waals surface area contributed by atoms with Gasteiger partial charge in [-0.3, -0.25) is 4.79 Å². The number of esters is 1. The second-order valence-electron chi connectivity index (χ2n) is 3.65. The molecule has 0 spiro atoms. The van der Waals surface area contributed by atoms with E-state index >= 15 is 0 Å². The SMILES string of the molecule is COC(=O)[C@@H]1CC[C@@H](N(C)C)C1. The Morgan fingerprint density at radius 3 is 2.50 bits per heavy atom. The Morgan fingerprint density at radius 1 is 1.42 bits per heavy atom. The minimum absolute atomic E-state index is 0.0423. The van der Waals surface area contributed by atoms with Gasteiger partial charge in [-0.25, -0.2) is 0 Å². The molecule has 1 fully saturated rings. The Hall–Kier alpha value is -0.570. The maximum absolute atomic E-state index is 11.1. The predicted octanol–water partition coefficient (Wildman–Crippen LogP) is 0.890. The average molecular weight is 171 g/mol. The standard InChI is InChI=1S/C9H17NO2/c1-10(2)8-5-4-7(6-8)9(11)12-3/h7-8H,4-6H2,1-3H3/t7-,8-/m1/s1. The first-order valence-corrected chi connectivity index (χ1v) is 4.39. The summed E-state index contributed by atoms with van der Waals surface area (Å²) in [6.45, 7) is 0. The lowest BCUT2D eigenvalue weighted by Gasteiger charge is -2.18. The first-order valence-electron chi connectivity index (χ1n) is 4.39. The molecule has 1 aliphatic carbocycles. The van der Waals surface area contributed by atoms with E-state index in [1.165, 1.54) is 7.11 Å². The molecule has 0 aromatic heterocycles. The number of carbonyl (C=O) groups excluding carboxylic acids is 1. The summed E-state index contributed by atoms with van der Waals surface area (Å²) in [4.78, 5) is 13.3. The number of hydrogen-bond acceptors (Lipinski definition) is 3. The third-order valence-electron chi connectivity index (χ3n) is 2.67. The summed E-state index contributed by atoms with van der Waals surface area (Å²) in [7, 11) is 5.58. The molecule has 0 bridgehead atoms. The van der Waals surface area contributed by atoms with E-state index in [9.17, 15) is 4.79 Å². The van der Waals surface area contributed by atoms with Crippen molar-refractivity contribution in [3.8, 4) is 0 Å². The highest BCUT2D eigenvalue weighted by Crippen LogP contribution is 2.28. The summed E-state index contributed by atoms with van der Waals surface area (Å²) in [6, 6.07) is 0.564. The van der Waals surface area contributed by atoms with Gasteiger partial charge >= 0.3 is 5.97 Å². The van der Waals surface area contributed by atoms with Gasteiger partial charge < -0.3 is 9.64 Å². The zero-order valence-corrected chi connectivity index (χ0v) is 8.04. The van der Waals surface area contributed by atoms with Crippen molar-refractivity contribution < 1.29 is 9.53 Å². The van der Waals surface area contributed by atoms with Crippen LogP contribution in [0.2, 0.25) is 0 Å². The molecule has 0 amide bonds. The van der Waals surface area contributed by atoms with Crippen LogP contribution >= 0.6 is 0 Å². The van der Waals surface area contributed by atoms with Gasteiger partial charge in [0.25, 0.3) is 0 Å². The summed E-state index contributed by atoms with van der Waals surface area (Å²) in [5.41, 5.74) is 0. The van der Waals surface area contributed by atoms with Crippen LogP contribution < -0.4 is 0 Å². The molecule has 3 nitrogen and oxygen atoms in total. The second kappa shape index (κ2) is 3.90. The van der Waals surface area contributed by atoms with Gasteiger partial charge in [0.1, 0.15) is 0 Å². The molecule has 70 valence electrons. The first-order chi connectivity index (χ1) is 5.65.